The summed E-state index contributed by atoms with van der Waals surface area (Å²) in [6.45, 7) is 16.4. The molecule has 0 radical (unpaired) electrons. The van der Waals surface area contributed by atoms with Crippen LogP contribution in [0.25, 0.3) is 0 Å². The van der Waals surface area contributed by atoms with Gasteiger partial charge in [0.05, 0.1) is 24.0 Å². The largest absolute Gasteiger partial charge is 0.465 e. The Morgan fingerprint density at radius 2 is 0.958 bits per heavy atom. The van der Waals surface area contributed by atoms with E-state index in [9.17, 15) is 9.59 Å². The first-order valence-electron chi connectivity index (χ1n) is 8.51. The molecule has 6 nitrogen and oxygen atoms in total. The molecule has 24 heavy (non-hydrogen) atoms. The number of carbonyl (C=O) groups is 2. The highest BCUT2D eigenvalue weighted by Crippen LogP contribution is 2.15. The lowest BCUT2D eigenvalue weighted by atomic mass is 9.97. The van der Waals surface area contributed by atoms with Crippen molar-refractivity contribution in [2.75, 3.05) is 13.2 Å². The van der Waals surface area contributed by atoms with Gasteiger partial charge in [0.25, 0.3) is 0 Å². The molecule has 0 saturated carbocycles. The molecule has 0 aliphatic carbocycles. The average molecular weight is 350 g/mol. The van der Waals surface area contributed by atoms with Gasteiger partial charge >= 0.3 is 11.9 Å². The van der Waals surface area contributed by atoms with Crippen LogP contribution < -0.4 is 0 Å². The predicted octanol–water partition coefficient (Wildman–Crippen LogP) is 4.77. The van der Waals surface area contributed by atoms with Gasteiger partial charge in [-0.05, 0) is 54.4 Å². The van der Waals surface area contributed by atoms with Gasteiger partial charge in [0.15, 0.2) is 0 Å². The van der Waals surface area contributed by atoms with Crippen molar-refractivity contribution in [3.05, 3.63) is 0 Å². The van der Waals surface area contributed by atoms with Crippen molar-refractivity contribution < 1.29 is 29.6 Å². The summed E-state index contributed by atoms with van der Waals surface area (Å²) in [5, 5.41) is 12.0. The number of hydrogen-bond donors (Lipinski definition) is 2. The lowest BCUT2D eigenvalue weighted by molar-refractivity contribution is -0.176. The molecule has 0 unspecified atom stereocenters. The highest BCUT2D eigenvalue weighted by atomic mass is 17.0. The van der Waals surface area contributed by atoms with Crippen LogP contribution in [0.5, 0.6) is 0 Å². The van der Waals surface area contributed by atoms with Crippen LogP contribution in [-0.2, 0) is 19.1 Å². The topological polar surface area (TPSA) is 93.1 Å². The van der Waals surface area contributed by atoms with Crippen LogP contribution in [0.2, 0.25) is 0 Å². The second-order valence-electron chi connectivity index (χ2n) is 7.48. The Balaban J connectivity index is -0.000000333. The Hall–Kier alpha value is -1.14. The van der Waals surface area contributed by atoms with Gasteiger partial charge < -0.3 is 9.47 Å². The van der Waals surface area contributed by atoms with E-state index in [-0.39, 0.29) is 22.8 Å². The molecule has 0 aromatic carbocycles. The van der Waals surface area contributed by atoms with E-state index in [4.69, 9.17) is 20.0 Å². The minimum absolute atomic E-state index is 0.106. The first-order chi connectivity index (χ1) is 11.0. The third kappa shape index (κ3) is 18.9. The minimum Gasteiger partial charge on any atom is -0.465 e. The molecule has 6 heteroatoms. The van der Waals surface area contributed by atoms with Crippen molar-refractivity contribution in [2.45, 2.75) is 81.1 Å². The van der Waals surface area contributed by atoms with Crippen LogP contribution >= 0.6 is 0 Å². The van der Waals surface area contributed by atoms with Crippen LogP contribution in [0.15, 0.2) is 0 Å². The third-order valence-corrected chi connectivity index (χ3v) is 2.69. The molecule has 0 amide bonds. The summed E-state index contributed by atoms with van der Waals surface area (Å²) in [5.74, 6) is -0.211. The summed E-state index contributed by atoms with van der Waals surface area (Å²) in [6.07, 6.45) is 4.05. The Morgan fingerprint density at radius 3 is 1.12 bits per heavy atom. The number of rotatable bonds is 6. The van der Waals surface area contributed by atoms with E-state index in [1.807, 2.05) is 41.5 Å². The minimum atomic E-state index is -0.353. The SMILES string of the molecule is CCCCOC(=O)C(C)(C)C.CCCCOC(=O)C(C)(C)C.OO. The maximum Gasteiger partial charge on any atom is 0.311 e. The van der Waals surface area contributed by atoms with E-state index >= 15 is 0 Å². The molecule has 0 aromatic rings. The number of carbonyl (C=O) groups excluding carboxylic acids is 2. The molecule has 0 spiro atoms. The van der Waals surface area contributed by atoms with Gasteiger partial charge in [0.2, 0.25) is 0 Å². The summed E-state index contributed by atoms with van der Waals surface area (Å²) < 4.78 is 10.0. The Kier molecular flexibility index (Phi) is 17.8. The van der Waals surface area contributed by atoms with Crippen LogP contribution in [0, 0.1) is 10.8 Å². The number of unbranched alkanes of at least 4 members (excludes halogenated alkanes) is 2. The van der Waals surface area contributed by atoms with E-state index in [2.05, 4.69) is 13.8 Å². The van der Waals surface area contributed by atoms with Crippen LogP contribution in [0.4, 0.5) is 0 Å². The van der Waals surface area contributed by atoms with Crippen LogP contribution in [-0.4, -0.2) is 35.7 Å². The fourth-order valence-corrected chi connectivity index (χ4v) is 1.05. The molecule has 146 valence electrons. The maximum atomic E-state index is 11.1. The summed E-state index contributed by atoms with van der Waals surface area (Å²) in [4.78, 5) is 22.2. The number of ether oxygens (including phenoxy) is 2. The van der Waals surface area contributed by atoms with Crippen molar-refractivity contribution >= 4 is 11.9 Å². The first kappa shape index (κ1) is 27.7. The zero-order chi connectivity index (χ0) is 19.8. The second kappa shape index (κ2) is 15.4. The predicted molar refractivity (Wildman–Crippen MR) is 95.9 cm³/mol. The fraction of sp³-hybridized carbons (Fsp3) is 0.889. The van der Waals surface area contributed by atoms with Crippen molar-refractivity contribution in [1.82, 2.24) is 0 Å². The van der Waals surface area contributed by atoms with Gasteiger partial charge in [-0.3, -0.25) is 20.1 Å². The molecule has 0 atom stereocenters. The number of hydrogen-bond acceptors (Lipinski definition) is 6. The summed E-state index contributed by atoms with van der Waals surface area (Å²) in [7, 11) is 0. The summed E-state index contributed by atoms with van der Waals surface area (Å²) in [5.41, 5.74) is -0.707. The summed E-state index contributed by atoms with van der Waals surface area (Å²) in [6, 6.07) is 0. The van der Waals surface area contributed by atoms with Crippen LogP contribution in [0.3, 0.4) is 0 Å². The molecule has 2 N–H and O–H groups in total. The van der Waals surface area contributed by atoms with E-state index in [0.717, 1.165) is 25.7 Å². The molecule has 0 saturated heterocycles. The highest BCUT2D eigenvalue weighted by Gasteiger charge is 2.23. The number of esters is 2. The average Bonchev–Trinajstić information content (AvgIpc) is 2.48. The van der Waals surface area contributed by atoms with Crippen molar-refractivity contribution in [3.63, 3.8) is 0 Å². The standard InChI is InChI=1S/2C9H18O2.H2O2/c2*1-5-6-7-11-8(10)9(2,3)4;1-2/h2*5-7H2,1-4H3;1-2H. The zero-order valence-electron chi connectivity index (χ0n) is 16.8. The molecular weight excluding hydrogens is 312 g/mol. The van der Waals surface area contributed by atoms with Crippen LogP contribution in [0.1, 0.15) is 81.1 Å². The van der Waals surface area contributed by atoms with Gasteiger partial charge in [-0.1, -0.05) is 26.7 Å². The van der Waals surface area contributed by atoms with E-state index in [1.54, 1.807) is 0 Å². The Morgan fingerprint density at radius 1 is 0.708 bits per heavy atom. The van der Waals surface area contributed by atoms with Gasteiger partial charge in [0, 0.05) is 0 Å². The molecule has 0 fully saturated rings. The summed E-state index contributed by atoms with van der Waals surface area (Å²) >= 11 is 0. The van der Waals surface area contributed by atoms with E-state index < -0.39 is 0 Å². The molecule has 0 aliphatic heterocycles. The maximum absolute atomic E-state index is 11.1. The van der Waals surface area contributed by atoms with Gasteiger partial charge in [0.1, 0.15) is 0 Å². The van der Waals surface area contributed by atoms with Crippen molar-refractivity contribution in [1.29, 1.82) is 0 Å². The van der Waals surface area contributed by atoms with E-state index in [0.29, 0.717) is 13.2 Å². The van der Waals surface area contributed by atoms with Crippen molar-refractivity contribution in [3.8, 4) is 0 Å². The molecule has 0 rings (SSSR count). The Bertz CT molecular complexity index is 280. The van der Waals surface area contributed by atoms with Gasteiger partial charge in [-0.25, -0.2) is 0 Å². The third-order valence-electron chi connectivity index (χ3n) is 2.69. The molecular formula is C18H38O6. The van der Waals surface area contributed by atoms with Gasteiger partial charge in [-0.2, -0.15) is 0 Å². The van der Waals surface area contributed by atoms with E-state index in [1.165, 1.54) is 0 Å². The zero-order valence-corrected chi connectivity index (χ0v) is 16.8. The van der Waals surface area contributed by atoms with Crippen molar-refractivity contribution in [2.24, 2.45) is 10.8 Å². The normalized spacial score (nSPS) is 10.6. The lowest BCUT2D eigenvalue weighted by Gasteiger charge is -2.16. The van der Waals surface area contributed by atoms with Gasteiger partial charge in [-0.15, -0.1) is 0 Å². The smallest absolute Gasteiger partial charge is 0.311 e. The molecule has 0 bridgehead atoms. The fourth-order valence-electron chi connectivity index (χ4n) is 1.05. The highest BCUT2D eigenvalue weighted by molar-refractivity contribution is 5.75. The molecule has 0 aromatic heterocycles. The first-order valence-corrected chi connectivity index (χ1v) is 8.51. The molecule has 0 aliphatic rings. The Labute approximate surface area is 147 Å². The quantitative estimate of drug-likeness (QED) is 0.310. The monoisotopic (exact) mass is 350 g/mol. The lowest BCUT2D eigenvalue weighted by Crippen LogP contribution is -2.23. The molecule has 0 heterocycles. The second-order valence-corrected chi connectivity index (χ2v) is 7.48.